The van der Waals surface area contributed by atoms with E-state index in [1.165, 1.54) is 24.1 Å². The quantitative estimate of drug-likeness (QED) is 0.561. The van der Waals surface area contributed by atoms with Crippen LogP contribution >= 0.6 is 0 Å². The maximum absolute atomic E-state index is 12.0. The third kappa shape index (κ3) is 6.04. The lowest BCUT2D eigenvalue weighted by Crippen LogP contribution is -2.39. The highest BCUT2D eigenvalue weighted by molar-refractivity contribution is 5.96. The van der Waals surface area contributed by atoms with Crippen LogP contribution in [0.5, 0.6) is 0 Å². The fraction of sp³-hybridized carbons (Fsp3) is 0.261. The summed E-state index contributed by atoms with van der Waals surface area (Å²) in [5.41, 5.74) is 4.14. The summed E-state index contributed by atoms with van der Waals surface area (Å²) < 4.78 is 5.00. The molecular weight excluding hydrogens is 368 g/mol. The van der Waals surface area contributed by atoms with E-state index in [4.69, 9.17) is 4.74 Å². The molecule has 1 aliphatic carbocycles. The summed E-state index contributed by atoms with van der Waals surface area (Å²) >= 11 is 0. The molecule has 29 heavy (non-hydrogen) atoms. The molecule has 150 valence electrons. The fourth-order valence-corrected chi connectivity index (χ4v) is 3.16. The minimum atomic E-state index is -0.865. The number of esters is 1. The maximum atomic E-state index is 12.0. The van der Waals surface area contributed by atoms with Crippen molar-refractivity contribution in [2.24, 2.45) is 0 Å². The van der Waals surface area contributed by atoms with Crippen LogP contribution in [0, 0.1) is 0 Å². The Kier molecular flexibility index (Phi) is 6.79. The Balaban J connectivity index is 1.41. The molecule has 0 aromatic heterocycles. The van der Waals surface area contributed by atoms with Gasteiger partial charge < -0.3 is 15.4 Å². The van der Waals surface area contributed by atoms with Gasteiger partial charge in [0.1, 0.15) is 6.04 Å². The van der Waals surface area contributed by atoms with Gasteiger partial charge in [-0.3, -0.25) is 9.59 Å². The van der Waals surface area contributed by atoms with Crippen LogP contribution in [-0.2, 0) is 32.0 Å². The molecule has 0 radical (unpaired) electrons. The van der Waals surface area contributed by atoms with Gasteiger partial charge in [0.05, 0.1) is 0 Å². The number of anilines is 1. The zero-order chi connectivity index (χ0) is 20.6. The van der Waals surface area contributed by atoms with Gasteiger partial charge >= 0.3 is 5.97 Å². The average Bonchev–Trinajstić information content (AvgIpc) is 3.19. The first-order chi connectivity index (χ1) is 14.0. The van der Waals surface area contributed by atoms with E-state index in [1.54, 1.807) is 6.08 Å². The first-order valence-electron chi connectivity index (χ1n) is 9.63. The first-order valence-corrected chi connectivity index (χ1v) is 9.63. The second-order valence-corrected chi connectivity index (χ2v) is 6.97. The van der Waals surface area contributed by atoms with Gasteiger partial charge in [-0.05, 0) is 61.1 Å². The minimum Gasteiger partial charge on any atom is -0.454 e. The van der Waals surface area contributed by atoms with E-state index >= 15 is 0 Å². The summed E-state index contributed by atoms with van der Waals surface area (Å²) in [5.74, 6) is -1.50. The zero-order valence-corrected chi connectivity index (χ0v) is 16.3. The summed E-state index contributed by atoms with van der Waals surface area (Å²) in [4.78, 5) is 36.0. The van der Waals surface area contributed by atoms with Gasteiger partial charge in [0, 0.05) is 11.8 Å². The minimum absolute atomic E-state index is 0.407. The lowest BCUT2D eigenvalue weighted by atomic mass is 10.1. The van der Waals surface area contributed by atoms with Crippen LogP contribution in [0.4, 0.5) is 5.69 Å². The van der Waals surface area contributed by atoms with Crippen molar-refractivity contribution in [1.29, 1.82) is 0 Å². The van der Waals surface area contributed by atoms with Gasteiger partial charge in [0.25, 0.3) is 5.91 Å². The molecule has 0 saturated carbocycles. The number of amides is 2. The van der Waals surface area contributed by atoms with Crippen LogP contribution in [0.1, 0.15) is 30.0 Å². The van der Waals surface area contributed by atoms with Crippen molar-refractivity contribution < 1.29 is 19.1 Å². The van der Waals surface area contributed by atoms with Gasteiger partial charge in [-0.1, -0.05) is 36.4 Å². The third-order valence-electron chi connectivity index (χ3n) is 4.67. The molecule has 1 aliphatic rings. The normalized spacial score (nSPS) is 13.6. The molecule has 2 amide bonds. The molecule has 6 heteroatoms. The second-order valence-electron chi connectivity index (χ2n) is 6.97. The smallest absolute Gasteiger partial charge is 0.328 e. The van der Waals surface area contributed by atoms with Crippen molar-refractivity contribution in [3.05, 3.63) is 71.3 Å². The molecule has 0 bridgehead atoms. The van der Waals surface area contributed by atoms with E-state index in [2.05, 4.69) is 10.6 Å². The molecule has 0 spiro atoms. The summed E-state index contributed by atoms with van der Waals surface area (Å²) in [6.07, 6.45) is 6.22. The summed E-state index contributed by atoms with van der Waals surface area (Å²) in [7, 11) is 0. The van der Waals surface area contributed by atoms with Crippen molar-refractivity contribution in [1.82, 2.24) is 5.32 Å². The topological polar surface area (TPSA) is 84.5 Å². The Bertz CT molecular complexity index is 922. The van der Waals surface area contributed by atoms with E-state index in [0.29, 0.717) is 5.69 Å². The maximum Gasteiger partial charge on any atom is 0.328 e. The first kappa shape index (κ1) is 20.3. The van der Waals surface area contributed by atoms with Crippen LogP contribution in [0.3, 0.4) is 0 Å². The number of nitrogens with one attached hydrogen (secondary N) is 2. The molecular formula is C23H24N2O4. The number of benzene rings is 2. The molecule has 0 unspecified atom stereocenters. The van der Waals surface area contributed by atoms with Crippen molar-refractivity contribution in [3.63, 3.8) is 0 Å². The van der Waals surface area contributed by atoms with Crippen LogP contribution < -0.4 is 10.6 Å². The second kappa shape index (κ2) is 9.68. The van der Waals surface area contributed by atoms with Crippen molar-refractivity contribution >= 4 is 29.5 Å². The van der Waals surface area contributed by atoms with Crippen molar-refractivity contribution in [2.75, 3.05) is 11.9 Å². The zero-order valence-electron chi connectivity index (χ0n) is 16.3. The Morgan fingerprint density at radius 3 is 2.62 bits per heavy atom. The molecule has 2 N–H and O–H groups in total. The Labute approximate surface area is 170 Å². The molecule has 1 atom stereocenters. The Morgan fingerprint density at radius 1 is 1.07 bits per heavy atom. The highest BCUT2D eigenvalue weighted by atomic mass is 16.5. The van der Waals surface area contributed by atoms with E-state index in [9.17, 15) is 14.4 Å². The number of fused-ring (bicyclic) bond motifs is 1. The highest BCUT2D eigenvalue weighted by Gasteiger charge is 2.18. The monoisotopic (exact) mass is 392 g/mol. The van der Waals surface area contributed by atoms with Crippen LogP contribution in [0.15, 0.2) is 54.6 Å². The van der Waals surface area contributed by atoms with Crippen LogP contribution in [0.25, 0.3) is 6.08 Å². The Hall–Kier alpha value is -3.41. The van der Waals surface area contributed by atoms with Crippen molar-refractivity contribution in [2.45, 2.75) is 32.2 Å². The highest BCUT2D eigenvalue weighted by Crippen LogP contribution is 2.24. The lowest BCUT2D eigenvalue weighted by Gasteiger charge is -2.12. The molecule has 0 aliphatic heterocycles. The summed E-state index contributed by atoms with van der Waals surface area (Å²) in [6.45, 7) is 1.10. The number of hydrogen-bond donors (Lipinski definition) is 2. The summed E-state index contributed by atoms with van der Waals surface area (Å²) in [5, 5.41) is 5.25. The van der Waals surface area contributed by atoms with Gasteiger partial charge in [-0.2, -0.15) is 0 Å². The van der Waals surface area contributed by atoms with E-state index in [-0.39, 0.29) is 0 Å². The van der Waals surface area contributed by atoms with Gasteiger partial charge in [-0.15, -0.1) is 0 Å². The number of carbonyl (C=O) groups is 3. The number of rotatable bonds is 7. The average molecular weight is 392 g/mol. The molecule has 6 nitrogen and oxygen atoms in total. The van der Waals surface area contributed by atoms with Gasteiger partial charge in [0.2, 0.25) is 5.91 Å². The molecule has 2 aromatic rings. The predicted molar refractivity (Wildman–Crippen MR) is 111 cm³/mol. The number of aryl methyl sites for hydroxylation is 2. The number of hydrogen-bond acceptors (Lipinski definition) is 4. The van der Waals surface area contributed by atoms with Crippen LogP contribution in [-0.4, -0.2) is 30.4 Å². The lowest BCUT2D eigenvalue weighted by molar-refractivity contribution is -0.149. The predicted octanol–water partition coefficient (Wildman–Crippen LogP) is 2.88. The molecule has 0 heterocycles. The summed E-state index contributed by atoms with van der Waals surface area (Å²) in [6, 6.07) is 14.3. The van der Waals surface area contributed by atoms with Crippen LogP contribution in [0.2, 0.25) is 0 Å². The van der Waals surface area contributed by atoms with E-state index in [1.807, 2.05) is 48.5 Å². The molecule has 2 aromatic carbocycles. The molecule has 0 saturated heterocycles. The number of carbonyl (C=O) groups excluding carboxylic acids is 3. The Morgan fingerprint density at radius 2 is 1.83 bits per heavy atom. The largest absolute Gasteiger partial charge is 0.454 e. The standard InChI is InChI=1S/C23H24N2O4/c1-16(24-21(26)13-10-17-6-3-2-4-7-17)23(28)29-15-22(27)25-20-12-11-18-8-5-9-19(18)14-20/h2-4,6-7,10-14,16H,5,8-9,15H2,1H3,(H,24,26)(H,25,27)/b13-10+/t16-/m0/s1. The van der Waals surface area contributed by atoms with Gasteiger partial charge in [-0.25, -0.2) is 4.79 Å². The number of ether oxygens (including phenoxy) is 1. The fourth-order valence-electron chi connectivity index (χ4n) is 3.16. The third-order valence-corrected chi connectivity index (χ3v) is 4.67. The SMILES string of the molecule is C[C@H](NC(=O)/C=C/c1ccccc1)C(=O)OCC(=O)Nc1ccc2c(c1)CCC2. The van der Waals surface area contributed by atoms with E-state index < -0.39 is 30.4 Å². The molecule has 3 rings (SSSR count). The van der Waals surface area contributed by atoms with Crippen molar-refractivity contribution in [3.8, 4) is 0 Å². The van der Waals surface area contributed by atoms with E-state index in [0.717, 1.165) is 24.8 Å². The van der Waals surface area contributed by atoms with Gasteiger partial charge in [0.15, 0.2) is 6.61 Å². The molecule has 0 fully saturated rings.